The second kappa shape index (κ2) is 8.41. The van der Waals surface area contributed by atoms with Crippen LogP contribution < -0.4 is 4.74 Å². The van der Waals surface area contributed by atoms with Crippen LogP contribution in [0.15, 0.2) is 47.1 Å². The van der Waals surface area contributed by atoms with Crippen LogP contribution in [0.2, 0.25) is 0 Å². The number of nitro groups is 1. The quantitative estimate of drug-likeness (QED) is 0.206. The van der Waals surface area contributed by atoms with Crippen molar-refractivity contribution in [3.63, 3.8) is 0 Å². The minimum Gasteiger partial charge on any atom is -0.479 e. The van der Waals surface area contributed by atoms with Crippen LogP contribution in [0.1, 0.15) is 43.4 Å². The molecule has 5 aromatic rings. The summed E-state index contributed by atoms with van der Waals surface area (Å²) in [5.41, 5.74) is 2.34. The van der Waals surface area contributed by atoms with Crippen LogP contribution in [0.25, 0.3) is 27.4 Å². The van der Waals surface area contributed by atoms with Gasteiger partial charge in [0.05, 0.1) is 10.3 Å². The van der Waals surface area contributed by atoms with Crippen LogP contribution in [-0.2, 0) is 19.4 Å². The van der Waals surface area contributed by atoms with Crippen molar-refractivity contribution in [3.8, 4) is 17.3 Å². The van der Waals surface area contributed by atoms with E-state index < -0.39 is 4.92 Å². The Morgan fingerprint density at radius 2 is 2.08 bits per heavy atom. The molecule has 0 bridgehead atoms. The molecule has 1 aromatic carbocycles. The number of thiophene rings is 1. The van der Waals surface area contributed by atoms with Gasteiger partial charge in [-0.05, 0) is 54.4 Å². The molecular formula is C26H25N5O4S. The van der Waals surface area contributed by atoms with Crippen molar-refractivity contribution in [2.24, 2.45) is 11.3 Å². The number of fused-ring (bicyclic) bond motifs is 5. The smallest absolute Gasteiger partial charge is 0.310 e. The number of para-hydroxylation sites is 2. The molecule has 1 aliphatic carbocycles. The Balaban J connectivity index is 1.29. The molecule has 4 heterocycles. The fourth-order valence-corrected chi connectivity index (χ4v) is 6.13. The Morgan fingerprint density at radius 1 is 1.25 bits per heavy atom. The second-order valence-corrected chi connectivity index (χ2v) is 11.3. The molecule has 4 aromatic heterocycles. The summed E-state index contributed by atoms with van der Waals surface area (Å²) in [7, 11) is 0. The van der Waals surface area contributed by atoms with E-state index in [4.69, 9.17) is 14.1 Å². The summed E-state index contributed by atoms with van der Waals surface area (Å²) < 4.78 is 13.3. The Kier molecular flexibility index (Phi) is 5.29. The van der Waals surface area contributed by atoms with Crippen molar-refractivity contribution in [1.82, 2.24) is 19.6 Å². The van der Waals surface area contributed by atoms with E-state index in [0.717, 1.165) is 35.1 Å². The lowest BCUT2D eigenvalue weighted by atomic mass is 9.72. The van der Waals surface area contributed by atoms with Gasteiger partial charge in [0.1, 0.15) is 23.5 Å². The fourth-order valence-electron chi connectivity index (χ4n) is 4.87. The molecule has 1 aliphatic rings. The van der Waals surface area contributed by atoms with E-state index in [1.54, 1.807) is 52.5 Å². The Labute approximate surface area is 210 Å². The lowest BCUT2D eigenvalue weighted by Crippen LogP contribution is -2.26. The lowest BCUT2D eigenvalue weighted by molar-refractivity contribution is -0.386. The maximum atomic E-state index is 11.2. The highest BCUT2D eigenvalue weighted by Gasteiger charge is 2.32. The first kappa shape index (κ1) is 22.7. The number of hydrogen-bond acceptors (Lipinski definition) is 8. The minimum absolute atomic E-state index is 0.0526. The highest BCUT2D eigenvalue weighted by Crippen LogP contribution is 2.43. The van der Waals surface area contributed by atoms with Crippen LogP contribution in [0.3, 0.4) is 0 Å². The summed E-state index contributed by atoms with van der Waals surface area (Å²) in [5, 5.41) is 16.9. The highest BCUT2D eigenvalue weighted by molar-refractivity contribution is 7.19. The normalized spacial score (nSPS) is 15.9. The number of hydrogen-bond donors (Lipinski definition) is 0. The topological polar surface area (TPSA) is 109 Å². The summed E-state index contributed by atoms with van der Waals surface area (Å²) in [6, 6.07) is 9.82. The van der Waals surface area contributed by atoms with Crippen LogP contribution in [0, 0.1) is 21.4 Å². The number of aryl methyl sites for hydroxylation is 1. The molecule has 36 heavy (non-hydrogen) atoms. The number of aromatic nitrogens is 4. The monoisotopic (exact) mass is 503 g/mol. The van der Waals surface area contributed by atoms with E-state index in [1.807, 2.05) is 0 Å². The molecule has 9 nitrogen and oxygen atoms in total. The van der Waals surface area contributed by atoms with E-state index in [0.29, 0.717) is 23.3 Å². The molecule has 0 saturated heterocycles. The SMILES string of the molecule is CC(C)(C)C1CCc2c(sc3ncn4nc(-c5ccc(COc6ccccc6[N+](=O)[O-])o5)nc4c23)C1. The highest BCUT2D eigenvalue weighted by atomic mass is 32.1. The van der Waals surface area contributed by atoms with Crippen LogP contribution in [-0.4, -0.2) is 24.5 Å². The third-order valence-electron chi connectivity index (χ3n) is 6.92. The summed E-state index contributed by atoms with van der Waals surface area (Å²) >= 11 is 1.77. The largest absolute Gasteiger partial charge is 0.479 e. The second-order valence-electron chi connectivity index (χ2n) is 10.2. The van der Waals surface area contributed by atoms with E-state index in [9.17, 15) is 10.1 Å². The number of rotatable bonds is 5. The summed E-state index contributed by atoms with van der Waals surface area (Å²) in [6.07, 6.45) is 4.97. The first-order valence-corrected chi connectivity index (χ1v) is 12.7. The summed E-state index contributed by atoms with van der Waals surface area (Å²) in [6.45, 7) is 7.01. The molecule has 6 rings (SSSR count). The molecule has 0 radical (unpaired) electrons. The summed E-state index contributed by atoms with van der Waals surface area (Å²) in [4.78, 5) is 22.6. The average molecular weight is 504 g/mol. The molecule has 184 valence electrons. The van der Waals surface area contributed by atoms with Crippen LogP contribution in [0.5, 0.6) is 5.75 Å². The van der Waals surface area contributed by atoms with Crippen molar-refractivity contribution < 1.29 is 14.1 Å². The third-order valence-corrected chi connectivity index (χ3v) is 8.09. The Hall–Kier alpha value is -3.79. The van der Waals surface area contributed by atoms with E-state index in [2.05, 4.69) is 30.9 Å². The minimum atomic E-state index is -0.468. The molecule has 0 fully saturated rings. The van der Waals surface area contributed by atoms with E-state index in [1.165, 1.54) is 16.5 Å². The molecule has 0 saturated carbocycles. The molecule has 10 heteroatoms. The molecule has 0 spiro atoms. The first-order valence-electron chi connectivity index (χ1n) is 11.9. The van der Waals surface area contributed by atoms with E-state index >= 15 is 0 Å². The number of ether oxygens (including phenoxy) is 1. The first-order chi connectivity index (χ1) is 17.3. The van der Waals surface area contributed by atoms with Gasteiger partial charge in [-0.1, -0.05) is 32.9 Å². The van der Waals surface area contributed by atoms with Gasteiger partial charge in [0.25, 0.3) is 0 Å². The van der Waals surface area contributed by atoms with Gasteiger partial charge in [-0.3, -0.25) is 10.1 Å². The van der Waals surface area contributed by atoms with Crippen LogP contribution in [0.4, 0.5) is 5.69 Å². The van der Waals surface area contributed by atoms with Gasteiger partial charge in [0, 0.05) is 10.9 Å². The zero-order valence-corrected chi connectivity index (χ0v) is 21.0. The van der Waals surface area contributed by atoms with Gasteiger partial charge in [0.2, 0.25) is 5.82 Å². The predicted molar refractivity (Wildman–Crippen MR) is 136 cm³/mol. The van der Waals surface area contributed by atoms with E-state index in [-0.39, 0.29) is 23.5 Å². The maximum Gasteiger partial charge on any atom is 0.310 e. The van der Waals surface area contributed by atoms with Crippen molar-refractivity contribution in [2.45, 2.75) is 46.6 Å². The lowest BCUT2D eigenvalue weighted by Gasteiger charge is -2.33. The van der Waals surface area contributed by atoms with Gasteiger partial charge < -0.3 is 9.15 Å². The van der Waals surface area contributed by atoms with Gasteiger partial charge in [-0.2, -0.15) is 0 Å². The Morgan fingerprint density at radius 3 is 2.89 bits per heavy atom. The van der Waals surface area contributed by atoms with Gasteiger partial charge >= 0.3 is 5.69 Å². The molecular weight excluding hydrogens is 478 g/mol. The van der Waals surface area contributed by atoms with Gasteiger partial charge in [-0.25, -0.2) is 14.5 Å². The van der Waals surface area contributed by atoms with Gasteiger partial charge in [0.15, 0.2) is 17.2 Å². The van der Waals surface area contributed by atoms with Gasteiger partial charge in [-0.15, -0.1) is 16.4 Å². The van der Waals surface area contributed by atoms with Crippen molar-refractivity contribution in [1.29, 1.82) is 0 Å². The Bertz CT molecular complexity index is 1610. The molecule has 1 unspecified atom stereocenters. The summed E-state index contributed by atoms with van der Waals surface area (Å²) in [5.74, 6) is 2.33. The number of nitro benzene ring substituents is 1. The molecule has 1 atom stereocenters. The number of nitrogens with zero attached hydrogens (tertiary/aromatic N) is 5. The predicted octanol–water partition coefficient (Wildman–Crippen LogP) is 6.24. The van der Waals surface area contributed by atoms with Crippen molar-refractivity contribution in [2.75, 3.05) is 0 Å². The van der Waals surface area contributed by atoms with Crippen molar-refractivity contribution >= 4 is 32.9 Å². The fraction of sp³-hybridized carbons (Fsp3) is 0.346. The van der Waals surface area contributed by atoms with Crippen LogP contribution >= 0.6 is 11.3 Å². The zero-order valence-electron chi connectivity index (χ0n) is 20.2. The average Bonchev–Trinajstić information content (AvgIpc) is 3.57. The number of furan rings is 1. The third kappa shape index (κ3) is 3.91. The standard InChI is InChI=1S/C26H25N5O4S/c1-26(2,3)15-8-10-17-21(12-15)36-25-22(17)24-28-23(29-30(24)14-27-25)20-11-9-16(35-20)13-34-19-7-5-4-6-18(19)31(32)33/h4-7,9,11,14-15H,8,10,12-13H2,1-3H3. The zero-order chi connectivity index (χ0) is 25.0. The number of benzene rings is 1. The maximum absolute atomic E-state index is 11.2. The molecule has 0 aliphatic heterocycles. The van der Waals surface area contributed by atoms with Crippen molar-refractivity contribution in [3.05, 3.63) is 69.0 Å². The molecule has 0 N–H and O–H groups in total. The molecule has 0 amide bonds.